The van der Waals surface area contributed by atoms with E-state index in [0.717, 1.165) is 47.5 Å². The van der Waals surface area contributed by atoms with E-state index in [4.69, 9.17) is 4.74 Å². The summed E-state index contributed by atoms with van der Waals surface area (Å²) in [6.45, 7) is 5.97. The number of hydrogen-bond donors (Lipinski definition) is 0. The molecule has 26 heavy (non-hydrogen) atoms. The van der Waals surface area contributed by atoms with Crippen LogP contribution in [0.4, 0.5) is 5.82 Å². The molecule has 3 aromatic heterocycles. The van der Waals surface area contributed by atoms with Gasteiger partial charge in [0, 0.05) is 31.5 Å². The first kappa shape index (κ1) is 17.0. The van der Waals surface area contributed by atoms with Crippen LogP contribution in [0, 0.1) is 6.92 Å². The molecule has 1 aliphatic rings. The summed E-state index contributed by atoms with van der Waals surface area (Å²) in [5.41, 5.74) is 0.913. The molecule has 0 aromatic carbocycles. The number of piperidine rings is 1. The van der Waals surface area contributed by atoms with Crippen molar-refractivity contribution in [2.24, 2.45) is 0 Å². The van der Waals surface area contributed by atoms with Crippen molar-refractivity contribution in [3.8, 4) is 0 Å². The molecule has 8 heteroatoms. The van der Waals surface area contributed by atoms with Crippen LogP contribution in [-0.4, -0.2) is 45.2 Å². The van der Waals surface area contributed by atoms with E-state index >= 15 is 0 Å². The predicted octanol–water partition coefficient (Wildman–Crippen LogP) is 3.21. The van der Waals surface area contributed by atoms with Gasteiger partial charge in [-0.1, -0.05) is 0 Å². The van der Waals surface area contributed by atoms with E-state index in [1.807, 2.05) is 32.6 Å². The van der Waals surface area contributed by atoms with E-state index in [2.05, 4.69) is 24.4 Å². The summed E-state index contributed by atoms with van der Waals surface area (Å²) in [5, 5.41) is 0.974. The Morgan fingerprint density at radius 1 is 1.35 bits per heavy atom. The van der Waals surface area contributed by atoms with Crippen LogP contribution < -0.4 is 4.90 Å². The van der Waals surface area contributed by atoms with Crippen LogP contribution in [0.1, 0.15) is 41.0 Å². The Morgan fingerprint density at radius 3 is 2.85 bits per heavy atom. The molecule has 4 rings (SSSR count). The first-order valence-corrected chi connectivity index (χ1v) is 9.64. The van der Waals surface area contributed by atoms with Crippen molar-refractivity contribution in [1.82, 2.24) is 19.5 Å². The number of imidazole rings is 1. The van der Waals surface area contributed by atoms with Gasteiger partial charge in [-0.15, -0.1) is 11.3 Å². The molecule has 0 bridgehead atoms. The van der Waals surface area contributed by atoms with Crippen LogP contribution in [0.3, 0.4) is 0 Å². The zero-order valence-electron chi connectivity index (χ0n) is 14.9. The van der Waals surface area contributed by atoms with Gasteiger partial charge in [0.25, 0.3) is 0 Å². The van der Waals surface area contributed by atoms with Gasteiger partial charge in [-0.05, 0) is 32.3 Å². The van der Waals surface area contributed by atoms with Gasteiger partial charge in [0.05, 0.1) is 18.3 Å². The van der Waals surface area contributed by atoms with Crippen LogP contribution >= 0.6 is 11.3 Å². The van der Waals surface area contributed by atoms with Crippen LogP contribution in [0.25, 0.3) is 10.2 Å². The second-order valence-electron chi connectivity index (χ2n) is 6.38. The Morgan fingerprint density at radius 2 is 2.15 bits per heavy atom. The molecule has 1 saturated heterocycles. The third-order valence-electron chi connectivity index (χ3n) is 4.88. The minimum Gasteiger partial charge on any atom is -0.462 e. The topological polar surface area (TPSA) is 73.1 Å². The number of hydrogen-bond acceptors (Lipinski definition) is 7. The summed E-state index contributed by atoms with van der Waals surface area (Å²) in [6, 6.07) is 0.477. The second-order valence-corrected chi connectivity index (χ2v) is 7.38. The zero-order valence-corrected chi connectivity index (χ0v) is 15.7. The lowest BCUT2D eigenvalue weighted by molar-refractivity contribution is 0.0531. The van der Waals surface area contributed by atoms with Crippen molar-refractivity contribution < 1.29 is 9.53 Å². The molecule has 7 nitrogen and oxygen atoms in total. The van der Waals surface area contributed by atoms with Gasteiger partial charge in [-0.25, -0.2) is 19.7 Å². The number of fused-ring (bicyclic) bond motifs is 1. The maximum atomic E-state index is 12.2. The van der Waals surface area contributed by atoms with Gasteiger partial charge in [0.2, 0.25) is 0 Å². The maximum Gasteiger partial charge on any atom is 0.348 e. The number of thiophene rings is 1. The van der Waals surface area contributed by atoms with Crippen molar-refractivity contribution in [2.45, 2.75) is 32.7 Å². The van der Waals surface area contributed by atoms with Gasteiger partial charge < -0.3 is 14.2 Å². The molecule has 0 unspecified atom stereocenters. The Hall–Kier alpha value is -2.48. The monoisotopic (exact) mass is 371 g/mol. The summed E-state index contributed by atoms with van der Waals surface area (Å²) in [6.07, 6.45) is 9.40. The summed E-state index contributed by atoms with van der Waals surface area (Å²) < 4.78 is 7.36. The van der Waals surface area contributed by atoms with Crippen LogP contribution in [-0.2, 0) is 4.74 Å². The molecule has 1 aliphatic heterocycles. The molecule has 3 aromatic rings. The summed E-state index contributed by atoms with van der Waals surface area (Å²) in [4.78, 5) is 29.0. The number of esters is 1. The Kier molecular flexibility index (Phi) is 4.58. The Labute approximate surface area is 155 Å². The summed E-state index contributed by atoms with van der Waals surface area (Å²) in [5.74, 6) is 0.640. The SMILES string of the molecule is CCOC(=O)c1sc2ncnc(N3CCC(n4ccnc4)CC3)c2c1C. The van der Waals surface area contributed by atoms with Gasteiger partial charge in [-0.3, -0.25) is 0 Å². The van der Waals surface area contributed by atoms with E-state index < -0.39 is 0 Å². The van der Waals surface area contributed by atoms with Crippen molar-refractivity contribution >= 4 is 33.3 Å². The van der Waals surface area contributed by atoms with Gasteiger partial charge in [-0.2, -0.15) is 0 Å². The fourth-order valence-corrected chi connectivity index (χ4v) is 4.58. The van der Waals surface area contributed by atoms with E-state index in [-0.39, 0.29) is 5.97 Å². The van der Waals surface area contributed by atoms with Crippen molar-refractivity contribution in [1.29, 1.82) is 0 Å². The number of carbonyl (C=O) groups is 1. The fraction of sp³-hybridized carbons (Fsp3) is 0.444. The smallest absolute Gasteiger partial charge is 0.348 e. The van der Waals surface area contributed by atoms with Crippen molar-refractivity contribution in [3.05, 3.63) is 35.5 Å². The van der Waals surface area contributed by atoms with E-state index in [1.54, 1.807) is 6.33 Å². The van der Waals surface area contributed by atoms with E-state index in [9.17, 15) is 4.79 Å². The maximum absolute atomic E-state index is 12.2. The lowest BCUT2D eigenvalue weighted by atomic mass is 10.0. The molecule has 136 valence electrons. The number of aryl methyl sites for hydroxylation is 1. The summed E-state index contributed by atoms with van der Waals surface area (Å²) in [7, 11) is 0. The van der Waals surface area contributed by atoms with E-state index in [0.29, 0.717) is 17.5 Å². The number of nitrogens with zero attached hydrogens (tertiary/aromatic N) is 5. The third-order valence-corrected chi connectivity index (χ3v) is 6.06. The highest BCUT2D eigenvalue weighted by molar-refractivity contribution is 7.20. The van der Waals surface area contributed by atoms with Gasteiger partial charge >= 0.3 is 5.97 Å². The second kappa shape index (κ2) is 7.03. The first-order chi connectivity index (χ1) is 12.7. The largest absolute Gasteiger partial charge is 0.462 e. The molecule has 0 aliphatic carbocycles. The normalized spacial score (nSPS) is 15.5. The molecule has 0 saturated carbocycles. The molecule has 4 heterocycles. The van der Waals surface area contributed by atoms with Crippen LogP contribution in [0.5, 0.6) is 0 Å². The quantitative estimate of drug-likeness (QED) is 0.656. The minimum absolute atomic E-state index is 0.280. The molecular weight excluding hydrogens is 350 g/mol. The molecule has 1 fully saturated rings. The molecule has 0 amide bonds. The van der Waals surface area contributed by atoms with Gasteiger partial charge in [0.15, 0.2) is 0 Å². The Balaban J connectivity index is 1.62. The zero-order chi connectivity index (χ0) is 18.1. The average Bonchev–Trinajstić information content (AvgIpc) is 3.31. The number of rotatable bonds is 4. The van der Waals surface area contributed by atoms with Gasteiger partial charge in [0.1, 0.15) is 21.9 Å². The van der Waals surface area contributed by atoms with E-state index in [1.165, 1.54) is 11.3 Å². The number of ether oxygens (including phenoxy) is 1. The van der Waals surface area contributed by atoms with Crippen LogP contribution in [0.15, 0.2) is 25.0 Å². The highest BCUT2D eigenvalue weighted by Gasteiger charge is 2.26. The number of anilines is 1. The summed E-state index contributed by atoms with van der Waals surface area (Å²) >= 11 is 1.38. The third kappa shape index (κ3) is 2.94. The highest BCUT2D eigenvalue weighted by Crippen LogP contribution is 2.36. The molecule has 0 radical (unpaired) electrons. The fourth-order valence-electron chi connectivity index (χ4n) is 3.55. The lowest BCUT2D eigenvalue weighted by Gasteiger charge is -2.33. The van der Waals surface area contributed by atoms with Crippen molar-refractivity contribution in [3.63, 3.8) is 0 Å². The number of aromatic nitrogens is 4. The molecule has 0 N–H and O–H groups in total. The molecular formula is C18H21N5O2S. The molecule has 0 atom stereocenters. The van der Waals surface area contributed by atoms with Crippen molar-refractivity contribution in [2.75, 3.05) is 24.6 Å². The minimum atomic E-state index is -0.280. The standard InChI is InChI=1S/C18H21N5O2S/c1-3-25-18(24)15-12(2)14-16(20-10-21-17(14)26-15)22-7-4-13(5-8-22)23-9-6-19-11-23/h6,9-11,13H,3-5,7-8H2,1-2H3. The predicted molar refractivity (Wildman–Crippen MR) is 101 cm³/mol. The number of carbonyl (C=O) groups excluding carboxylic acids is 1. The Bertz CT molecular complexity index is 913. The lowest BCUT2D eigenvalue weighted by Crippen LogP contribution is -2.35. The highest BCUT2D eigenvalue weighted by atomic mass is 32.1. The first-order valence-electron chi connectivity index (χ1n) is 8.82. The molecule has 0 spiro atoms. The average molecular weight is 371 g/mol. The van der Waals surface area contributed by atoms with Crippen LogP contribution in [0.2, 0.25) is 0 Å².